The summed E-state index contributed by atoms with van der Waals surface area (Å²) in [4.78, 5) is 84.8. The number of hydrogen-bond donors (Lipinski definition) is 10. The average Bonchev–Trinajstić information content (AvgIpc) is 3.22. The zero-order valence-electron chi connectivity index (χ0n) is 32.0. The van der Waals surface area contributed by atoms with Crippen molar-refractivity contribution in [2.75, 3.05) is 23.9 Å². The number of hydrogen-bond acceptors (Lipinski definition) is 16. The second-order valence-corrected chi connectivity index (χ2v) is 11.5. The van der Waals surface area contributed by atoms with E-state index < -0.39 is 35.8 Å². The van der Waals surface area contributed by atoms with Gasteiger partial charge in [-0.2, -0.15) is 10.2 Å². The molecule has 0 atom stereocenters. The van der Waals surface area contributed by atoms with E-state index in [1.165, 1.54) is 0 Å². The first kappa shape index (κ1) is 52.1. The second kappa shape index (κ2) is 29.4. The molecule has 324 valence electrons. The van der Waals surface area contributed by atoms with Crippen molar-refractivity contribution in [3.05, 3.63) is 96.4 Å². The number of carbonyl (C=O) groups is 8. The van der Waals surface area contributed by atoms with E-state index in [1.54, 1.807) is 12.2 Å². The lowest BCUT2D eigenvalue weighted by atomic mass is 10.1. The van der Waals surface area contributed by atoms with Crippen LogP contribution in [-0.2, 0) is 64.3 Å². The summed E-state index contributed by atoms with van der Waals surface area (Å²) < 4.78 is 0. The largest absolute Gasteiger partial charge is 0.478 e. The third-order valence-corrected chi connectivity index (χ3v) is 7.11. The molecular weight excluding hydrogens is 796 g/mol. The number of nitrogens with zero attached hydrogens (tertiary/aromatic N) is 6. The molecular formula is C36H46N10O14. The summed E-state index contributed by atoms with van der Waals surface area (Å²) in [5, 5.41) is 62.9. The Balaban J connectivity index is 0.000000772. The molecule has 0 radical (unpaired) electrons. The summed E-state index contributed by atoms with van der Waals surface area (Å²) in [6.45, 7) is 9.81. The maximum atomic E-state index is 11.9. The van der Waals surface area contributed by atoms with Gasteiger partial charge >= 0.3 is 35.8 Å². The van der Waals surface area contributed by atoms with Crippen molar-refractivity contribution in [1.29, 1.82) is 0 Å². The number of nitrogens with one attached hydrogen (secondary N) is 2. The molecule has 0 aliphatic carbocycles. The first-order valence-corrected chi connectivity index (χ1v) is 17.2. The van der Waals surface area contributed by atoms with Crippen molar-refractivity contribution < 1.29 is 69.0 Å². The van der Waals surface area contributed by atoms with Gasteiger partial charge in [-0.3, -0.25) is 9.59 Å². The van der Waals surface area contributed by atoms with Crippen molar-refractivity contribution in [2.45, 2.75) is 51.6 Å². The molecule has 24 heteroatoms. The second-order valence-electron chi connectivity index (χ2n) is 11.5. The SMILES string of the molecule is C=CCCC(=O)N1CCc2nnc(NN)cc2C1.C=CCCC(=O)N1CCc2nnc(NN)cc2C1.O=C(O)/C=C/C(=O)O.O=C(O)/C=C/C(=O)O.O=C(O)/C=C/C(=O)O. The van der Waals surface area contributed by atoms with E-state index in [1.807, 2.05) is 21.9 Å². The van der Waals surface area contributed by atoms with Crippen molar-refractivity contribution in [1.82, 2.24) is 30.2 Å². The molecule has 2 aliphatic heterocycles. The van der Waals surface area contributed by atoms with Crippen LogP contribution in [0.2, 0.25) is 0 Å². The van der Waals surface area contributed by atoms with Gasteiger partial charge in [-0.25, -0.2) is 40.5 Å². The predicted octanol–water partition coefficient (Wildman–Crippen LogP) is 0.362. The molecule has 24 nitrogen and oxygen atoms in total. The zero-order chi connectivity index (χ0) is 45.6. The van der Waals surface area contributed by atoms with Crippen LogP contribution in [0, 0.1) is 0 Å². The Kier molecular flexibility index (Phi) is 25.5. The fourth-order valence-corrected chi connectivity index (χ4v) is 4.42. The summed E-state index contributed by atoms with van der Waals surface area (Å²) in [5.74, 6) is 4.41. The average molecular weight is 843 g/mol. The van der Waals surface area contributed by atoms with Gasteiger partial charge in [0.05, 0.1) is 11.4 Å². The third kappa shape index (κ3) is 23.9. The van der Waals surface area contributed by atoms with Crippen LogP contribution >= 0.6 is 0 Å². The molecule has 4 heterocycles. The topological polar surface area (TPSA) is 392 Å². The number of rotatable bonds is 14. The molecule has 2 amide bonds. The van der Waals surface area contributed by atoms with E-state index in [2.05, 4.69) is 44.4 Å². The normalized spacial score (nSPS) is 12.2. The van der Waals surface area contributed by atoms with Crippen LogP contribution in [0.4, 0.5) is 11.6 Å². The lowest BCUT2D eigenvalue weighted by Gasteiger charge is -2.28. The van der Waals surface area contributed by atoms with Crippen molar-refractivity contribution in [3.63, 3.8) is 0 Å². The van der Waals surface area contributed by atoms with Crippen LogP contribution in [0.25, 0.3) is 0 Å². The molecule has 0 aromatic carbocycles. The Labute approximate surface area is 341 Å². The number of allylic oxidation sites excluding steroid dienone is 2. The number of carbonyl (C=O) groups excluding carboxylic acids is 2. The highest BCUT2D eigenvalue weighted by atomic mass is 16.4. The summed E-state index contributed by atoms with van der Waals surface area (Å²) >= 11 is 0. The molecule has 12 N–H and O–H groups in total. The maximum Gasteiger partial charge on any atom is 0.328 e. The number of nitrogen functional groups attached to an aromatic ring is 2. The highest BCUT2D eigenvalue weighted by Crippen LogP contribution is 2.20. The van der Waals surface area contributed by atoms with E-state index in [-0.39, 0.29) is 11.8 Å². The zero-order valence-corrected chi connectivity index (χ0v) is 32.0. The predicted molar refractivity (Wildman–Crippen MR) is 210 cm³/mol. The Morgan fingerprint density at radius 3 is 1.07 bits per heavy atom. The number of aliphatic carboxylic acids is 6. The lowest BCUT2D eigenvalue weighted by molar-refractivity contribution is -0.134. The molecule has 0 fully saturated rings. The number of amides is 2. The van der Waals surface area contributed by atoms with E-state index in [9.17, 15) is 38.4 Å². The molecule has 0 saturated heterocycles. The van der Waals surface area contributed by atoms with Crippen molar-refractivity contribution in [2.24, 2.45) is 11.7 Å². The fraction of sp³-hybridized carbons (Fsp3) is 0.278. The highest BCUT2D eigenvalue weighted by Gasteiger charge is 2.23. The summed E-state index contributed by atoms with van der Waals surface area (Å²) in [5.41, 5.74) is 8.84. The van der Waals surface area contributed by atoms with Crippen LogP contribution < -0.4 is 22.5 Å². The van der Waals surface area contributed by atoms with Crippen LogP contribution in [0.1, 0.15) is 48.2 Å². The number of carboxylic acid groups (broad SMARTS) is 6. The van der Waals surface area contributed by atoms with Gasteiger partial charge in [0.25, 0.3) is 0 Å². The van der Waals surface area contributed by atoms with Crippen LogP contribution in [-0.4, -0.2) is 122 Å². The third-order valence-electron chi connectivity index (χ3n) is 7.11. The van der Waals surface area contributed by atoms with Crippen LogP contribution in [0.5, 0.6) is 0 Å². The van der Waals surface area contributed by atoms with Crippen LogP contribution in [0.3, 0.4) is 0 Å². The standard InChI is InChI=1S/2C12H17N5O.3C4H4O4/c2*1-2-3-4-12(18)17-6-5-10-9(8-17)7-11(14-13)16-15-10;3*5-3(6)1-2-4(7)8/h2*2,7H,1,3-6,8,13H2,(H,14,16);3*1-2H,(H,5,6)(H,7,8)/b;;3*2-1+. The Bertz CT molecular complexity index is 1720. The Morgan fingerprint density at radius 2 is 0.833 bits per heavy atom. The van der Waals surface area contributed by atoms with Crippen LogP contribution in [0.15, 0.2) is 73.9 Å². The van der Waals surface area contributed by atoms with Gasteiger partial charge in [0.1, 0.15) is 0 Å². The number of fused-ring (bicyclic) bond motifs is 2. The molecule has 0 spiro atoms. The lowest BCUT2D eigenvalue weighted by Crippen LogP contribution is -2.36. The Hall–Kier alpha value is -7.86. The minimum absolute atomic E-state index is 0.152. The van der Waals surface area contributed by atoms with E-state index in [0.717, 1.165) is 35.4 Å². The summed E-state index contributed by atoms with van der Waals surface area (Å²) in [6, 6.07) is 3.69. The number of aromatic nitrogens is 4. The van der Waals surface area contributed by atoms with Crippen molar-refractivity contribution >= 4 is 59.3 Å². The van der Waals surface area contributed by atoms with Gasteiger partial charge in [-0.05, 0) is 36.1 Å². The quantitative estimate of drug-likeness (QED) is 0.0531. The van der Waals surface area contributed by atoms with E-state index >= 15 is 0 Å². The molecule has 60 heavy (non-hydrogen) atoms. The molecule has 4 rings (SSSR count). The molecule has 0 saturated carbocycles. The van der Waals surface area contributed by atoms with E-state index in [0.29, 0.717) is 100.0 Å². The van der Waals surface area contributed by atoms with Gasteiger partial charge in [0, 0.05) is 88.3 Å². The Morgan fingerprint density at radius 1 is 0.550 bits per heavy atom. The van der Waals surface area contributed by atoms with Gasteiger partial charge < -0.3 is 51.3 Å². The number of anilines is 2. The maximum absolute atomic E-state index is 11.9. The van der Waals surface area contributed by atoms with E-state index in [4.69, 9.17) is 42.3 Å². The molecule has 0 unspecified atom stereocenters. The summed E-state index contributed by atoms with van der Waals surface area (Å²) in [7, 11) is 0. The minimum atomic E-state index is -1.26. The molecule has 2 aromatic rings. The highest BCUT2D eigenvalue weighted by molar-refractivity contribution is 5.90. The van der Waals surface area contributed by atoms with Crippen molar-refractivity contribution in [3.8, 4) is 0 Å². The summed E-state index contributed by atoms with van der Waals surface area (Å²) in [6.07, 6.45) is 10.8. The first-order chi connectivity index (χ1) is 28.4. The first-order valence-electron chi connectivity index (χ1n) is 17.2. The fourth-order valence-electron chi connectivity index (χ4n) is 4.42. The van der Waals surface area contributed by atoms with Gasteiger partial charge in [0.15, 0.2) is 11.6 Å². The van der Waals surface area contributed by atoms with Gasteiger partial charge in [-0.1, -0.05) is 12.2 Å². The van der Waals surface area contributed by atoms with Gasteiger partial charge in [0.2, 0.25) is 11.8 Å². The molecule has 2 aliphatic rings. The van der Waals surface area contributed by atoms with Gasteiger partial charge in [-0.15, -0.1) is 23.4 Å². The molecule has 0 bridgehead atoms. The number of carboxylic acids is 6. The number of hydrazine groups is 2. The molecule has 2 aromatic heterocycles. The monoisotopic (exact) mass is 842 g/mol. The number of nitrogens with two attached hydrogens (primary N) is 2. The smallest absolute Gasteiger partial charge is 0.328 e. The minimum Gasteiger partial charge on any atom is -0.478 e.